The smallest absolute Gasteiger partial charge is 0.125 e. The van der Waals surface area contributed by atoms with Gasteiger partial charge in [-0.05, 0) is 18.4 Å². The Hall–Kier alpha value is -1.10. The van der Waals surface area contributed by atoms with Crippen molar-refractivity contribution in [2.75, 3.05) is 19.8 Å². The van der Waals surface area contributed by atoms with E-state index in [0.29, 0.717) is 17.7 Å². The lowest BCUT2D eigenvalue weighted by Crippen LogP contribution is -2.13. The standard InChI is InChI=1S/C13H20O4/c1-10(6-7-14)13(16)11-4-2-3-5-12(11)17-9-8-15/h2-5,10,13-16H,6-9H2,1H3/t10-,13+/m1/s1. The molecule has 1 aromatic rings. The molecule has 0 unspecified atom stereocenters. The highest BCUT2D eigenvalue weighted by molar-refractivity contribution is 5.35. The summed E-state index contributed by atoms with van der Waals surface area (Å²) in [6, 6.07) is 7.21. The van der Waals surface area contributed by atoms with Gasteiger partial charge in [-0.2, -0.15) is 0 Å². The molecule has 2 atom stereocenters. The van der Waals surface area contributed by atoms with Gasteiger partial charge in [0.15, 0.2) is 0 Å². The molecule has 4 heteroatoms. The van der Waals surface area contributed by atoms with Gasteiger partial charge in [0.05, 0.1) is 12.7 Å². The molecule has 3 N–H and O–H groups in total. The molecule has 0 aromatic heterocycles. The molecular weight excluding hydrogens is 220 g/mol. The van der Waals surface area contributed by atoms with Gasteiger partial charge >= 0.3 is 0 Å². The molecule has 0 saturated carbocycles. The molecule has 0 aliphatic heterocycles. The van der Waals surface area contributed by atoms with Crippen LogP contribution in [0.2, 0.25) is 0 Å². The SMILES string of the molecule is C[C@H](CCO)[C@H](O)c1ccccc1OCCO. The van der Waals surface area contributed by atoms with E-state index >= 15 is 0 Å². The monoisotopic (exact) mass is 240 g/mol. The second kappa shape index (κ2) is 7.27. The topological polar surface area (TPSA) is 69.9 Å². The maximum absolute atomic E-state index is 10.1. The summed E-state index contributed by atoms with van der Waals surface area (Å²) in [4.78, 5) is 0. The lowest BCUT2D eigenvalue weighted by molar-refractivity contribution is 0.0945. The predicted octanol–water partition coefficient (Wildman–Crippen LogP) is 1.11. The highest BCUT2D eigenvalue weighted by Crippen LogP contribution is 2.31. The number of benzene rings is 1. The Morgan fingerprint density at radius 2 is 1.88 bits per heavy atom. The van der Waals surface area contributed by atoms with Crippen LogP contribution in [0.25, 0.3) is 0 Å². The first-order valence-electron chi connectivity index (χ1n) is 5.82. The Morgan fingerprint density at radius 3 is 2.53 bits per heavy atom. The number of rotatable bonds is 7. The summed E-state index contributed by atoms with van der Waals surface area (Å²) in [6.07, 6.45) is -0.132. The van der Waals surface area contributed by atoms with Crippen molar-refractivity contribution in [2.45, 2.75) is 19.4 Å². The third-order valence-electron chi connectivity index (χ3n) is 2.71. The van der Waals surface area contributed by atoms with E-state index in [9.17, 15) is 5.11 Å². The first kappa shape index (κ1) is 14.0. The number of para-hydroxylation sites is 1. The summed E-state index contributed by atoms with van der Waals surface area (Å²) in [6.45, 7) is 2.08. The fourth-order valence-corrected chi connectivity index (χ4v) is 1.68. The van der Waals surface area contributed by atoms with Crippen LogP contribution in [0, 0.1) is 5.92 Å². The van der Waals surface area contributed by atoms with E-state index in [4.69, 9.17) is 14.9 Å². The molecule has 0 fully saturated rings. The summed E-state index contributed by atoms with van der Waals surface area (Å²) < 4.78 is 5.36. The van der Waals surface area contributed by atoms with Crippen LogP contribution in [0.4, 0.5) is 0 Å². The molecule has 0 radical (unpaired) electrons. The molecular formula is C13H20O4. The Morgan fingerprint density at radius 1 is 1.18 bits per heavy atom. The van der Waals surface area contributed by atoms with Crippen molar-refractivity contribution in [3.8, 4) is 5.75 Å². The van der Waals surface area contributed by atoms with Gasteiger partial charge in [0, 0.05) is 12.2 Å². The molecule has 0 heterocycles. The van der Waals surface area contributed by atoms with Crippen LogP contribution in [-0.2, 0) is 0 Å². The summed E-state index contributed by atoms with van der Waals surface area (Å²) in [5, 5.41) is 27.7. The zero-order valence-corrected chi connectivity index (χ0v) is 10.0. The highest BCUT2D eigenvalue weighted by Gasteiger charge is 2.19. The van der Waals surface area contributed by atoms with Crippen molar-refractivity contribution in [3.05, 3.63) is 29.8 Å². The minimum atomic E-state index is -0.669. The van der Waals surface area contributed by atoms with E-state index in [1.54, 1.807) is 12.1 Å². The molecule has 0 aliphatic carbocycles. The minimum Gasteiger partial charge on any atom is -0.491 e. The predicted molar refractivity (Wildman–Crippen MR) is 64.8 cm³/mol. The van der Waals surface area contributed by atoms with E-state index < -0.39 is 6.10 Å². The van der Waals surface area contributed by atoms with Crippen molar-refractivity contribution < 1.29 is 20.1 Å². The Labute approximate surface area is 101 Å². The van der Waals surface area contributed by atoms with Crippen LogP contribution in [0.1, 0.15) is 25.0 Å². The van der Waals surface area contributed by atoms with E-state index in [1.165, 1.54) is 0 Å². The number of aliphatic hydroxyl groups is 3. The van der Waals surface area contributed by atoms with Crippen molar-refractivity contribution in [3.63, 3.8) is 0 Å². The fourth-order valence-electron chi connectivity index (χ4n) is 1.68. The molecule has 96 valence electrons. The number of hydrogen-bond donors (Lipinski definition) is 3. The second-order valence-electron chi connectivity index (χ2n) is 4.04. The molecule has 0 amide bonds. The maximum Gasteiger partial charge on any atom is 0.125 e. The van der Waals surface area contributed by atoms with Gasteiger partial charge in [-0.3, -0.25) is 0 Å². The van der Waals surface area contributed by atoms with Crippen molar-refractivity contribution >= 4 is 0 Å². The Balaban J connectivity index is 2.80. The quantitative estimate of drug-likeness (QED) is 0.667. The maximum atomic E-state index is 10.1. The van der Waals surface area contributed by atoms with Gasteiger partial charge in [0.1, 0.15) is 12.4 Å². The van der Waals surface area contributed by atoms with Crippen LogP contribution in [0.3, 0.4) is 0 Å². The fraction of sp³-hybridized carbons (Fsp3) is 0.538. The van der Waals surface area contributed by atoms with Crippen molar-refractivity contribution in [1.29, 1.82) is 0 Å². The summed E-state index contributed by atoms with van der Waals surface area (Å²) in [5.74, 6) is 0.540. The third kappa shape index (κ3) is 4.00. The van der Waals surface area contributed by atoms with Crippen LogP contribution >= 0.6 is 0 Å². The Bertz CT molecular complexity index is 327. The number of hydrogen-bond acceptors (Lipinski definition) is 4. The van der Waals surface area contributed by atoms with Gasteiger partial charge in [0.2, 0.25) is 0 Å². The molecule has 0 aliphatic rings. The van der Waals surface area contributed by atoms with Crippen molar-refractivity contribution in [2.24, 2.45) is 5.92 Å². The number of ether oxygens (including phenoxy) is 1. The normalized spacial score (nSPS) is 14.4. The summed E-state index contributed by atoms with van der Waals surface area (Å²) in [5.41, 5.74) is 0.696. The first-order valence-corrected chi connectivity index (χ1v) is 5.82. The van der Waals surface area contributed by atoms with Gasteiger partial charge in [0.25, 0.3) is 0 Å². The van der Waals surface area contributed by atoms with Crippen LogP contribution in [0.5, 0.6) is 5.75 Å². The second-order valence-corrected chi connectivity index (χ2v) is 4.04. The van der Waals surface area contributed by atoms with Gasteiger partial charge in [-0.15, -0.1) is 0 Å². The van der Waals surface area contributed by atoms with E-state index in [-0.39, 0.29) is 25.7 Å². The number of aliphatic hydroxyl groups excluding tert-OH is 3. The van der Waals surface area contributed by atoms with Crippen LogP contribution in [0.15, 0.2) is 24.3 Å². The third-order valence-corrected chi connectivity index (χ3v) is 2.71. The summed E-state index contributed by atoms with van der Waals surface area (Å²) >= 11 is 0. The van der Waals surface area contributed by atoms with E-state index in [2.05, 4.69) is 0 Å². The zero-order chi connectivity index (χ0) is 12.7. The van der Waals surface area contributed by atoms with Crippen molar-refractivity contribution in [1.82, 2.24) is 0 Å². The largest absolute Gasteiger partial charge is 0.491 e. The molecule has 17 heavy (non-hydrogen) atoms. The van der Waals surface area contributed by atoms with Gasteiger partial charge < -0.3 is 20.1 Å². The van der Waals surface area contributed by atoms with E-state index in [0.717, 1.165) is 0 Å². The lowest BCUT2D eigenvalue weighted by atomic mass is 9.94. The Kier molecular flexibility index (Phi) is 5.97. The minimum absolute atomic E-state index is 0.0427. The molecule has 1 rings (SSSR count). The highest BCUT2D eigenvalue weighted by atomic mass is 16.5. The van der Waals surface area contributed by atoms with E-state index in [1.807, 2.05) is 19.1 Å². The zero-order valence-electron chi connectivity index (χ0n) is 10.0. The van der Waals surface area contributed by atoms with Gasteiger partial charge in [-0.1, -0.05) is 25.1 Å². The van der Waals surface area contributed by atoms with Gasteiger partial charge in [-0.25, -0.2) is 0 Å². The molecule has 4 nitrogen and oxygen atoms in total. The van der Waals surface area contributed by atoms with Crippen LogP contribution < -0.4 is 4.74 Å². The molecule has 0 spiro atoms. The molecule has 0 bridgehead atoms. The summed E-state index contributed by atoms with van der Waals surface area (Å²) in [7, 11) is 0. The molecule has 1 aromatic carbocycles. The first-order chi connectivity index (χ1) is 8.20. The average molecular weight is 240 g/mol. The average Bonchev–Trinajstić information content (AvgIpc) is 2.36. The van der Waals surface area contributed by atoms with Crippen LogP contribution in [-0.4, -0.2) is 35.1 Å². The lowest BCUT2D eigenvalue weighted by Gasteiger charge is -2.21. The molecule has 0 saturated heterocycles.